The molecule has 0 aromatic heterocycles. The minimum Gasteiger partial charge on any atom is -0.335 e. The molecule has 1 aliphatic rings. The Morgan fingerprint density at radius 2 is 1.67 bits per heavy atom. The third-order valence-electron chi connectivity index (χ3n) is 4.74. The van der Waals surface area contributed by atoms with E-state index in [1.165, 1.54) is 44.1 Å². The molecule has 2 rings (SSSR count). The summed E-state index contributed by atoms with van der Waals surface area (Å²) in [5.74, 6) is 0.639. The van der Waals surface area contributed by atoms with Gasteiger partial charge in [-0.2, -0.15) is 0 Å². The summed E-state index contributed by atoms with van der Waals surface area (Å²) in [6.45, 7) is 5.22. The molecule has 1 aromatic rings. The Hall–Kier alpha value is -1.31. The molecule has 1 aromatic carbocycles. The van der Waals surface area contributed by atoms with Gasteiger partial charge in [0.15, 0.2) is 0 Å². The second-order valence-electron chi connectivity index (χ2n) is 6.36. The number of nitrogens with zero attached hydrogens (tertiary/aromatic N) is 1. The second kappa shape index (κ2) is 8.21. The van der Waals surface area contributed by atoms with Crippen LogP contribution >= 0.6 is 0 Å². The Balaban J connectivity index is 1.67. The molecule has 0 unspecified atom stereocenters. The van der Waals surface area contributed by atoms with Crippen LogP contribution in [0.25, 0.3) is 0 Å². The monoisotopic (exact) mass is 287 g/mol. The third-order valence-corrected chi connectivity index (χ3v) is 4.74. The number of amides is 1. The Bertz CT molecular complexity index is 428. The number of carbonyl (C=O) groups excluding carboxylic acids is 1. The molecule has 1 fully saturated rings. The summed E-state index contributed by atoms with van der Waals surface area (Å²) in [5.41, 5.74) is 1.23. The van der Waals surface area contributed by atoms with Crippen molar-refractivity contribution in [2.45, 2.75) is 71.4 Å². The van der Waals surface area contributed by atoms with Crippen LogP contribution in [0.3, 0.4) is 0 Å². The minimum atomic E-state index is 0.278. The van der Waals surface area contributed by atoms with Crippen molar-refractivity contribution in [1.29, 1.82) is 0 Å². The molecule has 0 aliphatic carbocycles. The van der Waals surface area contributed by atoms with E-state index in [0.29, 0.717) is 11.9 Å². The highest BCUT2D eigenvalue weighted by Crippen LogP contribution is 2.32. The standard InChI is InChI=1S/C19H29NO/c1-3-4-5-6-7-11-14-18-16(2)20(19(18)21)15-17-12-9-8-10-13-17/h8-10,12-13,16,18H,3-7,11,14-15H2,1-2H3/t16-,18+/m1/s1. The molecule has 116 valence electrons. The zero-order valence-electron chi connectivity index (χ0n) is 13.6. The molecular formula is C19H29NO. The summed E-state index contributed by atoms with van der Waals surface area (Å²) in [7, 11) is 0. The zero-order chi connectivity index (χ0) is 15.1. The number of hydrogen-bond donors (Lipinski definition) is 0. The van der Waals surface area contributed by atoms with Crippen molar-refractivity contribution in [1.82, 2.24) is 4.90 Å². The van der Waals surface area contributed by atoms with Crippen LogP contribution in [0.4, 0.5) is 0 Å². The van der Waals surface area contributed by atoms with Crippen LogP contribution in [0.2, 0.25) is 0 Å². The van der Waals surface area contributed by atoms with Crippen LogP contribution in [0, 0.1) is 5.92 Å². The van der Waals surface area contributed by atoms with Gasteiger partial charge in [-0.25, -0.2) is 0 Å². The molecule has 2 heteroatoms. The van der Waals surface area contributed by atoms with Gasteiger partial charge in [0.1, 0.15) is 0 Å². The average Bonchev–Trinajstić information content (AvgIpc) is 2.52. The predicted molar refractivity (Wildman–Crippen MR) is 87.9 cm³/mol. The first kappa shape index (κ1) is 16.1. The number of carbonyl (C=O) groups is 1. The van der Waals surface area contributed by atoms with Crippen molar-refractivity contribution in [3.05, 3.63) is 35.9 Å². The maximum absolute atomic E-state index is 12.3. The van der Waals surface area contributed by atoms with Crippen LogP contribution in [0.1, 0.15) is 64.4 Å². The summed E-state index contributed by atoms with van der Waals surface area (Å²) in [4.78, 5) is 14.3. The Labute approximate surface area is 129 Å². The largest absolute Gasteiger partial charge is 0.335 e. The van der Waals surface area contributed by atoms with E-state index in [2.05, 4.69) is 26.0 Å². The van der Waals surface area contributed by atoms with Gasteiger partial charge in [0.05, 0.1) is 5.92 Å². The third kappa shape index (κ3) is 4.33. The molecule has 0 radical (unpaired) electrons. The van der Waals surface area contributed by atoms with Gasteiger partial charge in [0.25, 0.3) is 0 Å². The highest BCUT2D eigenvalue weighted by Gasteiger charge is 2.43. The average molecular weight is 287 g/mol. The first-order valence-electron chi connectivity index (χ1n) is 8.58. The fraction of sp³-hybridized carbons (Fsp3) is 0.632. The normalized spacial score (nSPS) is 21.4. The van der Waals surface area contributed by atoms with E-state index < -0.39 is 0 Å². The summed E-state index contributed by atoms with van der Waals surface area (Å²) in [6.07, 6.45) is 8.91. The quantitative estimate of drug-likeness (QED) is 0.472. The van der Waals surface area contributed by atoms with Crippen molar-refractivity contribution < 1.29 is 4.79 Å². The van der Waals surface area contributed by atoms with Crippen molar-refractivity contribution in [2.24, 2.45) is 5.92 Å². The number of likely N-dealkylation sites (tertiary alicyclic amines) is 1. The van der Waals surface area contributed by atoms with Crippen LogP contribution in [-0.2, 0) is 11.3 Å². The predicted octanol–water partition coefficient (Wildman–Crippen LogP) is 4.78. The molecule has 2 atom stereocenters. The maximum Gasteiger partial charge on any atom is 0.228 e. The van der Waals surface area contributed by atoms with Gasteiger partial charge >= 0.3 is 0 Å². The lowest BCUT2D eigenvalue weighted by atomic mass is 9.83. The lowest BCUT2D eigenvalue weighted by molar-refractivity contribution is -0.156. The number of rotatable bonds is 9. The SMILES string of the molecule is CCCCCCCC[C@@H]1C(=O)N(Cc2ccccc2)[C@@H]1C. The van der Waals surface area contributed by atoms with Crippen molar-refractivity contribution in [3.63, 3.8) is 0 Å². The van der Waals surface area contributed by atoms with E-state index in [9.17, 15) is 4.79 Å². The first-order chi connectivity index (χ1) is 10.2. The van der Waals surface area contributed by atoms with E-state index in [-0.39, 0.29) is 5.92 Å². The van der Waals surface area contributed by atoms with Crippen molar-refractivity contribution >= 4 is 5.91 Å². The highest BCUT2D eigenvalue weighted by molar-refractivity contribution is 5.85. The van der Waals surface area contributed by atoms with Gasteiger partial charge in [-0.3, -0.25) is 4.79 Å². The number of hydrogen-bond acceptors (Lipinski definition) is 1. The molecule has 0 N–H and O–H groups in total. The van der Waals surface area contributed by atoms with E-state index in [0.717, 1.165) is 13.0 Å². The van der Waals surface area contributed by atoms with Crippen LogP contribution < -0.4 is 0 Å². The van der Waals surface area contributed by atoms with E-state index in [1.54, 1.807) is 0 Å². The lowest BCUT2D eigenvalue weighted by Crippen LogP contribution is -2.58. The van der Waals surface area contributed by atoms with Crippen LogP contribution in [0.15, 0.2) is 30.3 Å². The molecule has 2 nitrogen and oxygen atoms in total. The number of β-lactam (4-membered cyclic amide) rings is 1. The van der Waals surface area contributed by atoms with E-state index in [1.807, 2.05) is 23.1 Å². The molecule has 1 amide bonds. The molecule has 0 saturated carbocycles. The van der Waals surface area contributed by atoms with Gasteiger partial charge in [-0.15, -0.1) is 0 Å². The van der Waals surface area contributed by atoms with Gasteiger partial charge < -0.3 is 4.90 Å². The van der Waals surface area contributed by atoms with Crippen molar-refractivity contribution in [2.75, 3.05) is 0 Å². The van der Waals surface area contributed by atoms with E-state index in [4.69, 9.17) is 0 Å². The van der Waals surface area contributed by atoms with E-state index >= 15 is 0 Å². The molecular weight excluding hydrogens is 258 g/mol. The fourth-order valence-electron chi connectivity index (χ4n) is 3.27. The van der Waals surface area contributed by atoms with Gasteiger partial charge in [-0.1, -0.05) is 75.8 Å². The van der Waals surface area contributed by atoms with Crippen LogP contribution in [0.5, 0.6) is 0 Å². The van der Waals surface area contributed by atoms with Gasteiger partial charge in [0.2, 0.25) is 5.91 Å². The smallest absolute Gasteiger partial charge is 0.228 e. The Morgan fingerprint density at radius 1 is 1.00 bits per heavy atom. The maximum atomic E-state index is 12.3. The lowest BCUT2D eigenvalue weighted by Gasteiger charge is -2.46. The summed E-state index contributed by atoms with van der Waals surface area (Å²) in [5, 5.41) is 0. The first-order valence-corrected chi connectivity index (χ1v) is 8.58. The Kier molecular flexibility index (Phi) is 6.28. The molecule has 0 bridgehead atoms. The number of benzene rings is 1. The van der Waals surface area contributed by atoms with Crippen molar-refractivity contribution in [3.8, 4) is 0 Å². The molecule has 0 spiro atoms. The molecule has 1 aliphatic heterocycles. The fourth-order valence-corrected chi connectivity index (χ4v) is 3.27. The summed E-state index contributed by atoms with van der Waals surface area (Å²) >= 11 is 0. The van der Waals surface area contributed by atoms with Gasteiger partial charge in [0, 0.05) is 12.6 Å². The number of unbranched alkanes of at least 4 members (excludes halogenated alkanes) is 5. The molecule has 1 heterocycles. The molecule has 21 heavy (non-hydrogen) atoms. The van der Waals surface area contributed by atoms with Crippen LogP contribution in [-0.4, -0.2) is 16.8 Å². The highest BCUT2D eigenvalue weighted by atomic mass is 16.2. The molecule has 1 saturated heterocycles. The van der Waals surface area contributed by atoms with Gasteiger partial charge in [-0.05, 0) is 18.9 Å². The minimum absolute atomic E-state index is 0.278. The summed E-state index contributed by atoms with van der Waals surface area (Å²) in [6, 6.07) is 10.7. The topological polar surface area (TPSA) is 20.3 Å². The summed E-state index contributed by atoms with van der Waals surface area (Å²) < 4.78 is 0. The second-order valence-corrected chi connectivity index (χ2v) is 6.36. The zero-order valence-corrected chi connectivity index (χ0v) is 13.6. The Morgan fingerprint density at radius 3 is 2.33 bits per heavy atom.